The molecular formula is C20H28ClNO3. The lowest BCUT2D eigenvalue weighted by molar-refractivity contribution is -0.167. The monoisotopic (exact) mass is 365 g/mol. The highest BCUT2D eigenvalue weighted by Gasteiger charge is 2.47. The molecule has 5 heteroatoms. The quantitative estimate of drug-likeness (QED) is 0.833. The smallest absolute Gasteiger partial charge is 0.316 e. The SMILES string of the molecule is Cl.O=C(OC1CN2CCC1CC2)C(c1ccccc1)C1(O)CCCC1. The Labute approximate surface area is 156 Å². The molecule has 4 nitrogen and oxygen atoms in total. The third kappa shape index (κ3) is 3.71. The van der Waals surface area contributed by atoms with Crippen LogP contribution in [0.25, 0.3) is 0 Å². The molecule has 1 saturated carbocycles. The van der Waals surface area contributed by atoms with Gasteiger partial charge in [-0.25, -0.2) is 0 Å². The minimum atomic E-state index is -0.952. The Morgan fingerprint density at radius 2 is 1.80 bits per heavy atom. The highest BCUT2D eigenvalue weighted by molar-refractivity contribution is 5.85. The van der Waals surface area contributed by atoms with E-state index in [0.717, 1.165) is 50.9 Å². The second kappa shape index (κ2) is 7.65. The number of carbonyl (C=O) groups is 1. The van der Waals surface area contributed by atoms with Crippen LogP contribution in [0.2, 0.25) is 0 Å². The van der Waals surface area contributed by atoms with Crippen molar-refractivity contribution in [2.45, 2.75) is 56.1 Å². The van der Waals surface area contributed by atoms with Gasteiger partial charge in [0.1, 0.15) is 12.0 Å². The number of carbonyl (C=O) groups excluding carboxylic acids is 1. The van der Waals surface area contributed by atoms with E-state index < -0.39 is 11.5 Å². The molecule has 1 aromatic carbocycles. The number of hydrogen-bond acceptors (Lipinski definition) is 4. The molecule has 0 aromatic heterocycles. The summed E-state index contributed by atoms with van der Waals surface area (Å²) in [5, 5.41) is 11.1. The Hall–Kier alpha value is -1.10. The van der Waals surface area contributed by atoms with Crippen molar-refractivity contribution >= 4 is 18.4 Å². The average molecular weight is 366 g/mol. The summed E-state index contributed by atoms with van der Waals surface area (Å²) in [5.41, 5.74) is -0.0694. The first-order valence-electron chi connectivity index (χ1n) is 9.36. The fourth-order valence-corrected chi connectivity index (χ4v) is 4.85. The summed E-state index contributed by atoms with van der Waals surface area (Å²) in [5.74, 6) is -0.297. The van der Waals surface area contributed by atoms with Gasteiger partial charge in [0.25, 0.3) is 0 Å². The number of rotatable bonds is 4. The summed E-state index contributed by atoms with van der Waals surface area (Å²) in [6.07, 6.45) is 5.57. The summed E-state index contributed by atoms with van der Waals surface area (Å²) in [4.78, 5) is 15.5. The minimum absolute atomic E-state index is 0. The van der Waals surface area contributed by atoms with E-state index in [4.69, 9.17) is 4.74 Å². The van der Waals surface area contributed by atoms with Crippen molar-refractivity contribution < 1.29 is 14.6 Å². The van der Waals surface area contributed by atoms with Gasteiger partial charge in [-0.2, -0.15) is 0 Å². The van der Waals surface area contributed by atoms with Crippen molar-refractivity contribution in [2.75, 3.05) is 19.6 Å². The highest BCUT2D eigenvalue weighted by atomic mass is 35.5. The highest BCUT2D eigenvalue weighted by Crippen LogP contribution is 2.42. The molecule has 0 amide bonds. The molecule has 3 aliphatic heterocycles. The maximum absolute atomic E-state index is 13.1. The second-order valence-corrected chi connectivity index (χ2v) is 7.77. The van der Waals surface area contributed by atoms with Crippen LogP contribution in [0, 0.1) is 5.92 Å². The summed E-state index contributed by atoms with van der Waals surface area (Å²) in [6, 6.07) is 9.69. The number of esters is 1. The van der Waals surface area contributed by atoms with Gasteiger partial charge in [-0.15, -0.1) is 12.4 Å². The Balaban J connectivity index is 0.00000182. The third-order valence-electron chi connectivity index (χ3n) is 6.24. The van der Waals surface area contributed by atoms with Gasteiger partial charge in [0.2, 0.25) is 0 Å². The third-order valence-corrected chi connectivity index (χ3v) is 6.24. The van der Waals surface area contributed by atoms with Crippen LogP contribution in [0.3, 0.4) is 0 Å². The van der Waals surface area contributed by atoms with E-state index in [-0.39, 0.29) is 24.5 Å². The summed E-state index contributed by atoms with van der Waals surface area (Å²) in [7, 11) is 0. The first-order valence-corrected chi connectivity index (χ1v) is 9.36. The van der Waals surface area contributed by atoms with Gasteiger partial charge in [-0.05, 0) is 50.3 Å². The molecular weight excluding hydrogens is 338 g/mol. The van der Waals surface area contributed by atoms with E-state index in [1.807, 2.05) is 30.3 Å². The first-order chi connectivity index (χ1) is 11.7. The maximum Gasteiger partial charge on any atom is 0.316 e. The van der Waals surface area contributed by atoms with Crippen LogP contribution in [-0.2, 0) is 9.53 Å². The zero-order chi connectivity index (χ0) is 16.6. The van der Waals surface area contributed by atoms with Crippen LogP contribution in [0.5, 0.6) is 0 Å². The topological polar surface area (TPSA) is 49.8 Å². The number of aliphatic hydroxyl groups is 1. The lowest BCUT2D eigenvalue weighted by Crippen LogP contribution is -2.53. The van der Waals surface area contributed by atoms with Crippen molar-refractivity contribution in [1.29, 1.82) is 0 Å². The van der Waals surface area contributed by atoms with Gasteiger partial charge in [0.05, 0.1) is 5.60 Å². The number of hydrogen-bond donors (Lipinski definition) is 1. The first kappa shape index (κ1) is 18.7. The van der Waals surface area contributed by atoms with Crippen LogP contribution in [-0.4, -0.2) is 47.3 Å². The molecule has 138 valence electrons. The zero-order valence-corrected chi connectivity index (χ0v) is 15.4. The Morgan fingerprint density at radius 3 is 2.36 bits per heavy atom. The summed E-state index contributed by atoms with van der Waals surface area (Å²) in [6.45, 7) is 3.12. The molecule has 4 fully saturated rings. The number of fused-ring (bicyclic) bond motifs is 3. The molecule has 1 N–H and O–H groups in total. The normalized spacial score (nSPS) is 31.2. The molecule has 3 saturated heterocycles. The Morgan fingerprint density at radius 1 is 1.16 bits per heavy atom. The molecule has 4 aliphatic rings. The van der Waals surface area contributed by atoms with E-state index >= 15 is 0 Å². The van der Waals surface area contributed by atoms with Gasteiger partial charge >= 0.3 is 5.97 Å². The number of piperidine rings is 3. The van der Waals surface area contributed by atoms with Crippen LogP contribution < -0.4 is 0 Å². The second-order valence-electron chi connectivity index (χ2n) is 7.77. The molecule has 0 radical (unpaired) electrons. The largest absolute Gasteiger partial charge is 0.460 e. The predicted octanol–water partition coefficient (Wildman–Crippen LogP) is 3.13. The van der Waals surface area contributed by atoms with E-state index in [2.05, 4.69) is 4.90 Å². The van der Waals surface area contributed by atoms with Gasteiger partial charge in [0, 0.05) is 6.54 Å². The van der Waals surface area contributed by atoms with Crippen molar-refractivity contribution in [2.24, 2.45) is 5.92 Å². The van der Waals surface area contributed by atoms with Crippen LogP contribution in [0.1, 0.15) is 50.0 Å². The average Bonchev–Trinajstić information content (AvgIpc) is 3.04. The van der Waals surface area contributed by atoms with E-state index in [1.54, 1.807) is 0 Å². The van der Waals surface area contributed by atoms with E-state index in [1.165, 1.54) is 0 Å². The molecule has 5 rings (SSSR count). The molecule has 2 bridgehead atoms. The zero-order valence-electron chi connectivity index (χ0n) is 14.6. The van der Waals surface area contributed by atoms with E-state index in [0.29, 0.717) is 18.8 Å². The van der Waals surface area contributed by atoms with Gasteiger partial charge in [-0.1, -0.05) is 43.2 Å². The molecule has 3 heterocycles. The summed E-state index contributed by atoms with van der Waals surface area (Å²) < 4.78 is 5.98. The molecule has 2 unspecified atom stereocenters. The van der Waals surface area contributed by atoms with Crippen LogP contribution in [0.15, 0.2) is 30.3 Å². The summed E-state index contributed by atoms with van der Waals surface area (Å²) >= 11 is 0. The van der Waals surface area contributed by atoms with Crippen molar-refractivity contribution in [3.63, 3.8) is 0 Å². The Bertz CT molecular complexity index is 580. The minimum Gasteiger partial charge on any atom is -0.460 e. The number of halogens is 1. The van der Waals surface area contributed by atoms with Crippen molar-refractivity contribution in [1.82, 2.24) is 4.90 Å². The number of nitrogens with zero attached hydrogens (tertiary/aromatic N) is 1. The Kier molecular flexibility index (Phi) is 5.71. The van der Waals surface area contributed by atoms with Crippen molar-refractivity contribution in [3.8, 4) is 0 Å². The number of benzene rings is 1. The standard InChI is InChI=1S/C20H27NO3.ClH/c22-19(24-17-14-21-12-8-15(17)9-13-21)18(16-6-2-1-3-7-16)20(23)10-4-5-11-20;/h1-3,6-7,15,17-18,23H,4-5,8-14H2;1H. The predicted molar refractivity (Wildman–Crippen MR) is 98.9 cm³/mol. The molecule has 1 aliphatic carbocycles. The fraction of sp³-hybridized carbons (Fsp3) is 0.650. The molecule has 1 aromatic rings. The van der Waals surface area contributed by atoms with E-state index in [9.17, 15) is 9.90 Å². The van der Waals surface area contributed by atoms with Gasteiger partial charge < -0.3 is 9.84 Å². The number of ether oxygens (including phenoxy) is 1. The van der Waals surface area contributed by atoms with Gasteiger partial charge in [0.15, 0.2) is 0 Å². The van der Waals surface area contributed by atoms with Gasteiger partial charge in [-0.3, -0.25) is 9.69 Å². The molecule has 25 heavy (non-hydrogen) atoms. The maximum atomic E-state index is 13.1. The van der Waals surface area contributed by atoms with Crippen molar-refractivity contribution in [3.05, 3.63) is 35.9 Å². The van der Waals surface area contributed by atoms with Crippen LogP contribution in [0.4, 0.5) is 0 Å². The van der Waals surface area contributed by atoms with Crippen LogP contribution >= 0.6 is 12.4 Å². The lowest BCUT2D eigenvalue weighted by atomic mass is 9.80. The lowest BCUT2D eigenvalue weighted by Gasteiger charge is -2.44. The fourth-order valence-electron chi connectivity index (χ4n) is 4.85. The molecule has 0 spiro atoms. The molecule has 2 atom stereocenters.